The first kappa shape index (κ1) is 18.4. The molecule has 1 aliphatic heterocycles. The molecule has 138 valence electrons. The quantitative estimate of drug-likeness (QED) is 0.694. The van der Waals surface area contributed by atoms with Gasteiger partial charge in [0, 0.05) is 23.4 Å². The van der Waals surface area contributed by atoms with Crippen LogP contribution in [0.25, 0.3) is 0 Å². The highest BCUT2D eigenvalue weighted by Crippen LogP contribution is 2.20. The largest absolute Gasteiger partial charge is 0.322 e. The zero-order valence-corrected chi connectivity index (χ0v) is 15.3. The summed E-state index contributed by atoms with van der Waals surface area (Å²) in [6.45, 7) is 3.73. The average Bonchev–Trinajstić information content (AvgIpc) is 2.94. The molecule has 7 nitrogen and oxygen atoms in total. The Bertz CT molecular complexity index is 808. The van der Waals surface area contributed by atoms with Crippen LogP contribution in [0, 0.1) is 12.7 Å². The second kappa shape index (κ2) is 7.88. The third kappa shape index (κ3) is 4.61. The van der Waals surface area contributed by atoms with E-state index < -0.39 is 6.29 Å². The summed E-state index contributed by atoms with van der Waals surface area (Å²) in [5.74, 6) is 0.0826. The molecule has 1 saturated heterocycles. The molecule has 1 aromatic heterocycles. The fourth-order valence-electron chi connectivity index (χ4n) is 2.66. The van der Waals surface area contributed by atoms with E-state index in [0.29, 0.717) is 12.2 Å². The summed E-state index contributed by atoms with van der Waals surface area (Å²) in [5.41, 5.74) is 0.723. The Morgan fingerprint density at radius 3 is 2.85 bits per heavy atom. The van der Waals surface area contributed by atoms with Crippen LogP contribution in [0.4, 0.5) is 10.2 Å². The van der Waals surface area contributed by atoms with E-state index in [-0.39, 0.29) is 29.4 Å². The van der Waals surface area contributed by atoms with Gasteiger partial charge in [-0.1, -0.05) is 0 Å². The van der Waals surface area contributed by atoms with Gasteiger partial charge in [-0.2, -0.15) is 5.10 Å². The lowest BCUT2D eigenvalue weighted by Crippen LogP contribution is -2.52. The summed E-state index contributed by atoms with van der Waals surface area (Å²) >= 11 is 1.31. The van der Waals surface area contributed by atoms with Crippen molar-refractivity contribution < 1.29 is 14.0 Å². The van der Waals surface area contributed by atoms with Crippen molar-refractivity contribution >= 4 is 29.4 Å². The number of hydrogen-bond acceptors (Lipinski definition) is 5. The van der Waals surface area contributed by atoms with Crippen molar-refractivity contribution in [3.63, 3.8) is 0 Å². The van der Waals surface area contributed by atoms with Crippen molar-refractivity contribution in [2.75, 3.05) is 11.1 Å². The molecule has 0 aliphatic carbocycles. The second-order valence-electron chi connectivity index (χ2n) is 6.15. The molecular weight excluding hydrogens is 357 g/mol. The Morgan fingerprint density at radius 2 is 2.15 bits per heavy atom. The fourth-order valence-corrected chi connectivity index (χ4v) is 3.36. The summed E-state index contributed by atoms with van der Waals surface area (Å²) < 4.78 is 14.5. The molecule has 2 heterocycles. The number of nitrogens with one attached hydrogen (secondary N) is 3. The third-order valence-corrected chi connectivity index (χ3v) is 4.80. The van der Waals surface area contributed by atoms with Gasteiger partial charge in [0.2, 0.25) is 11.8 Å². The van der Waals surface area contributed by atoms with Gasteiger partial charge in [0.05, 0.1) is 11.4 Å². The molecule has 1 aliphatic rings. The van der Waals surface area contributed by atoms with E-state index in [2.05, 4.69) is 21.0 Å². The van der Waals surface area contributed by atoms with Crippen molar-refractivity contribution in [2.45, 2.75) is 37.5 Å². The molecule has 3 N–H and O–H groups in total. The molecule has 1 aromatic carbocycles. The van der Waals surface area contributed by atoms with Gasteiger partial charge in [-0.15, -0.1) is 11.8 Å². The van der Waals surface area contributed by atoms with Gasteiger partial charge in [0.15, 0.2) is 6.29 Å². The lowest BCUT2D eigenvalue weighted by atomic mass is 10.2. The van der Waals surface area contributed by atoms with Gasteiger partial charge >= 0.3 is 0 Å². The zero-order valence-electron chi connectivity index (χ0n) is 14.5. The number of rotatable bonds is 5. The number of thioether (sulfide) groups is 1. The second-order valence-corrected chi connectivity index (χ2v) is 7.20. The molecule has 9 heteroatoms. The van der Waals surface area contributed by atoms with Gasteiger partial charge in [0.25, 0.3) is 0 Å². The molecule has 2 unspecified atom stereocenters. The molecular formula is C17H20FN5O2S. The van der Waals surface area contributed by atoms with Crippen molar-refractivity contribution in [1.29, 1.82) is 0 Å². The van der Waals surface area contributed by atoms with Gasteiger partial charge < -0.3 is 10.6 Å². The lowest BCUT2D eigenvalue weighted by Gasteiger charge is -2.30. The molecule has 0 bridgehead atoms. The van der Waals surface area contributed by atoms with Crippen molar-refractivity contribution in [3.8, 4) is 0 Å². The Labute approximate surface area is 154 Å². The lowest BCUT2D eigenvalue weighted by molar-refractivity contribution is -0.125. The number of aryl methyl sites for hydroxylation is 1. The number of carbonyl (C=O) groups excluding carboxylic acids is 2. The maximum absolute atomic E-state index is 12.9. The predicted molar refractivity (Wildman–Crippen MR) is 97.1 cm³/mol. The first-order chi connectivity index (χ1) is 12.4. The number of amides is 2. The minimum Gasteiger partial charge on any atom is -0.322 e. The fraction of sp³-hybridized carbons (Fsp3) is 0.353. The molecule has 26 heavy (non-hydrogen) atoms. The van der Waals surface area contributed by atoms with Crippen LogP contribution in [-0.4, -0.2) is 33.4 Å². The van der Waals surface area contributed by atoms with E-state index in [4.69, 9.17) is 0 Å². The van der Waals surface area contributed by atoms with E-state index in [1.807, 2.05) is 13.8 Å². The molecule has 2 aromatic rings. The van der Waals surface area contributed by atoms with E-state index in [1.165, 1.54) is 23.9 Å². The van der Waals surface area contributed by atoms with E-state index in [9.17, 15) is 14.0 Å². The van der Waals surface area contributed by atoms with Crippen LogP contribution in [-0.2, 0) is 9.59 Å². The van der Waals surface area contributed by atoms with Gasteiger partial charge in [-0.3, -0.25) is 14.9 Å². The van der Waals surface area contributed by atoms with Crippen molar-refractivity contribution in [2.24, 2.45) is 0 Å². The minimum absolute atomic E-state index is 0.0100. The Kier molecular flexibility index (Phi) is 5.58. The molecule has 2 atom stereocenters. The summed E-state index contributed by atoms with van der Waals surface area (Å²) in [4.78, 5) is 24.8. The molecule has 3 rings (SSSR count). The topological polar surface area (TPSA) is 88.0 Å². The first-order valence-corrected chi connectivity index (χ1v) is 9.19. The molecule has 0 spiro atoms. The number of carbonyl (C=O) groups is 2. The van der Waals surface area contributed by atoms with Crippen LogP contribution in [0.15, 0.2) is 35.2 Å². The normalized spacial score (nSPS) is 19.9. The van der Waals surface area contributed by atoms with Crippen LogP contribution in [0.5, 0.6) is 0 Å². The van der Waals surface area contributed by atoms with E-state index in [1.54, 1.807) is 22.9 Å². The van der Waals surface area contributed by atoms with Gasteiger partial charge in [0.1, 0.15) is 11.6 Å². The summed E-state index contributed by atoms with van der Waals surface area (Å²) in [5, 5.41) is 13.2. The van der Waals surface area contributed by atoms with Crippen LogP contribution in [0.2, 0.25) is 0 Å². The standard InChI is InChI=1S/C17H20FN5O2S/c1-10-8-15(24)21-17(19-10)23-14(7-11(2)22-23)20-16(25)9-26-13-5-3-12(18)4-6-13/h3-7,10,17,19H,8-9H2,1-2H3,(H,20,25)(H,21,24). The predicted octanol–water partition coefficient (Wildman–Crippen LogP) is 2.02. The van der Waals surface area contributed by atoms with Crippen molar-refractivity contribution in [1.82, 2.24) is 20.4 Å². The summed E-state index contributed by atoms with van der Waals surface area (Å²) in [6.07, 6.45) is -0.118. The monoisotopic (exact) mass is 377 g/mol. The Morgan fingerprint density at radius 1 is 1.42 bits per heavy atom. The highest BCUT2D eigenvalue weighted by Gasteiger charge is 2.26. The van der Waals surface area contributed by atoms with Crippen LogP contribution >= 0.6 is 11.8 Å². The summed E-state index contributed by atoms with van der Waals surface area (Å²) in [7, 11) is 0. The van der Waals surface area contributed by atoms with Crippen LogP contribution in [0.1, 0.15) is 25.3 Å². The minimum atomic E-state index is -0.514. The Balaban J connectivity index is 1.65. The third-order valence-electron chi connectivity index (χ3n) is 3.79. The summed E-state index contributed by atoms with van der Waals surface area (Å²) in [6, 6.07) is 7.73. The van der Waals surface area contributed by atoms with Crippen molar-refractivity contribution in [3.05, 3.63) is 41.8 Å². The Hall–Kier alpha value is -2.39. The maximum Gasteiger partial charge on any atom is 0.235 e. The number of halogens is 1. The smallest absolute Gasteiger partial charge is 0.235 e. The number of nitrogens with zero attached hydrogens (tertiary/aromatic N) is 2. The SMILES string of the molecule is Cc1cc(NC(=O)CSc2ccc(F)cc2)n(C2NC(=O)CC(C)N2)n1. The van der Waals surface area contributed by atoms with E-state index >= 15 is 0 Å². The van der Waals surface area contributed by atoms with Crippen LogP contribution < -0.4 is 16.0 Å². The molecule has 0 saturated carbocycles. The zero-order chi connectivity index (χ0) is 18.7. The molecule has 2 amide bonds. The molecule has 0 radical (unpaired) electrons. The number of benzene rings is 1. The van der Waals surface area contributed by atoms with Crippen LogP contribution in [0.3, 0.4) is 0 Å². The number of anilines is 1. The number of aromatic nitrogens is 2. The van der Waals surface area contributed by atoms with Gasteiger partial charge in [-0.05, 0) is 38.1 Å². The average molecular weight is 377 g/mol. The van der Waals surface area contributed by atoms with Gasteiger partial charge in [-0.25, -0.2) is 9.07 Å². The first-order valence-electron chi connectivity index (χ1n) is 8.20. The van der Waals surface area contributed by atoms with E-state index in [0.717, 1.165) is 10.6 Å². The number of hydrogen-bond donors (Lipinski definition) is 3. The highest BCUT2D eigenvalue weighted by molar-refractivity contribution is 8.00. The molecule has 1 fully saturated rings. The maximum atomic E-state index is 12.9. The highest BCUT2D eigenvalue weighted by atomic mass is 32.2.